The Kier molecular flexibility index (Phi) is 9.29. The summed E-state index contributed by atoms with van der Waals surface area (Å²) in [6.45, 7) is 2.80. The molecule has 4 rings (SSSR count). The van der Waals surface area contributed by atoms with Crippen molar-refractivity contribution in [3.63, 3.8) is 0 Å². The zero-order chi connectivity index (χ0) is 30.4. The summed E-state index contributed by atoms with van der Waals surface area (Å²) in [6, 6.07) is 12.0. The summed E-state index contributed by atoms with van der Waals surface area (Å²) in [4.78, 5) is 29.4. The number of pyridine rings is 1. The first kappa shape index (κ1) is 29.9. The van der Waals surface area contributed by atoms with Crippen LogP contribution in [0.4, 0.5) is 8.78 Å². The molecule has 0 spiro atoms. The van der Waals surface area contributed by atoms with Crippen molar-refractivity contribution >= 4 is 22.8 Å². The van der Waals surface area contributed by atoms with Gasteiger partial charge in [0.2, 0.25) is 0 Å². The third kappa shape index (κ3) is 6.14. The Morgan fingerprint density at radius 2 is 1.74 bits per heavy atom. The number of carbonyl (C=O) groups is 2. The predicted molar refractivity (Wildman–Crippen MR) is 149 cm³/mol. The van der Waals surface area contributed by atoms with E-state index in [0.717, 1.165) is 5.56 Å². The number of aromatic nitrogens is 1. The monoisotopic (exact) mass is 575 g/mol. The van der Waals surface area contributed by atoms with Gasteiger partial charge in [0.25, 0.3) is 5.91 Å². The summed E-state index contributed by atoms with van der Waals surface area (Å²) in [5.74, 6) is -4.18. The Hall–Kier alpha value is -5.08. The Labute approximate surface area is 240 Å². The number of rotatable bonds is 11. The summed E-state index contributed by atoms with van der Waals surface area (Å²) in [6.07, 6.45) is 1.37. The third-order valence-corrected chi connectivity index (χ3v) is 6.59. The van der Waals surface area contributed by atoms with Crippen LogP contribution in [0.25, 0.3) is 22.0 Å². The number of hydrogen-bond acceptors (Lipinski definition) is 7. The highest BCUT2D eigenvalue weighted by atomic mass is 19.1. The smallest absolute Gasteiger partial charge is 0.326 e. The fourth-order valence-corrected chi connectivity index (χ4v) is 4.65. The van der Waals surface area contributed by atoms with Crippen molar-refractivity contribution in [3.8, 4) is 28.7 Å². The van der Waals surface area contributed by atoms with E-state index in [1.54, 1.807) is 36.5 Å². The molecule has 0 aliphatic rings. The van der Waals surface area contributed by atoms with Gasteiger partial charge in [0.1, 0.15) is 34.7 Å². The molecule has 0 saturated heterocycles. The summed E-state index contributed by atoms with van der Waals surface area (Å²) < 4.78 is 45.7. The van der Waals surface area contributed by atoms with E-state index in [2.05, 4.69) is 10.3 Å². The fraction of sp³-hybridized carbons (Fsp3) is 0.226. The van der Waals surface area contributed by atoms with E-state index in [9.17, 15) is 23.5 Å². The van der Waals surface area contributed by atoms with Gasteiger partial charge in [-0.3, -0.25) is 9.78 Å². The third-order valence-electron chi connectivity index (χ3n) is 6.59. The van der Waals surface area contributed by atoms with Gasteiger partial charge in [-0.25, -0.2) is 13.6 Å². The van der Waals surface area contributed by atoms with Gasteiger partial charge < -0.3 is 24.6 Å². The lowest BCUT2D eigenvalue weighted by Gasteiger charge is -2.19. The fourth-order valence-electron chi connectivity index (χ4n) is 4.65. The van der Waals surface area contributed by atoms with Crippen LogP contribution in [-0.2, 0) is 22.6 Å². The number of amides is 1. The average molecular weight is 576 g/mol. The second-order valence-corrected chi connectivity index (χ2v) is 9.18. The number of ether oxygens (including phenoxy) is 3. The maximum atomic E-state index is 14.4. The molecule has 4 aromatic rings. The molecular weight excluding hydrogens is 548 g/mol. The van der Waals surface area contributed by atoms with Crippen molar-refractivity contribution in [3.05, 3.63) is 88.6 Å². The van der Waals surface area contributed by atoms with Gasteiger partial charge in [0.05, 0.1) is 43.5 Å². The number of benzene rings is 3. The van der Waals surface area contributed by atoms with Crippen molar-refractivity contribution in [2.24, 2.45) is 0 Å². The molecule has 42 heavy (non-hydrogen) atoms. The van der Waals surface area contributed by atoms with E-state index in [1.807, 2.05) is 19.1 Å². The summed E-state index contributed by atoms with van der Waals surface area (Å²) >= 11 is 0. The molecule has 1 aromatic heterocycles. The first-order valence-corrected chi connectivity index (χ1v) is 12.8. The lowest BCUT2D eigenvalue weighted by atomic mass is 9.93. The van der Waals surface area contributed by atoms with Crippen molar-refractivity contribution in [2.75, 3.05) is 20.8 Å². The van der Waals surface area contributed by atoms with Crippen molar-refractivity contribution in [1.29, 1.82) is 5.26 Å². The average Bonchev–Trinajstić information content (AvgIpc) is 2.98. The van der Waals surface area contributed by atoms with Crippen LogP contribution in [0.5, 0.6) is 11.5 Å². The van der Waals surface area contributed by atoms with Crippen LogP contribution in [0.1, 0.15) is 34.0 Å². The topological polar surface area (TPSA) is 131 Å². The van der Waals surface area contributed by atoms with E-state index in [1.165, 1.54) is 14.2 Å². The van der Waals surface area contributed by atoms with Crippen LogP contribution < -0.4 is 14.8 Å². The Bertz CT molecular complexity index is 1650. The van der Waals surface area contributed by atoms with Gasteiger partial charge in [-0.05, 0) is 48.4 Å². The van der Waals surface area contributed by atoms with Crippen LogP contribution in [0, 0.1) is 23.0 Å². The van der Waals surface area contributed by atoms with Crippen LogP contribution in [0.2, 0.25) is 0 Å². The molecule has 0 saturated carbocycles. The van der Waals surface area contributed by atoms with Crippen molar-refractivity contribution in [2.45, 2.75) is 26.0 Å². The van der Waals surface area contributed by atoms with Gasteiger partial charge in [0.15, 0.2) is 0 Å². The Balaban J connectivity index is 1.74. The SMILES string of the molecule is CCOCc1cc(OC)c(-c2ccc(C[C@H](NC(=O)c3c(F)cc(C#N)cc3F)C(=O)O)c3cccnc23)c(OC)c1. The van der Waals surface area contributed by atoms with E-state index < -0.39 is 35.1 Å². The van der Waals surface area contributed by atoms with E-state index in [-0.39, 0.29) is 12.0 Å². The summed E-state index contributed by atoms with van der Waals surface area (Å²) in [7, 11) is 3.07. The Morgan fingerprint density at radius 1 is 1.07 bits per heavy atom. The van der Waals surface area contributed by atoms with Gasteiger partial charge in [-0.15, -0.1) is 0 Å². The molecule has 11 heteroatoms. The highest BCUT2D eigenvalue weighted by Gasteiger charge is 2.27. The molecule has 0 fully saturated rings. The molecule has 0 aliphatic heterocycles. The quantitative estimate of drug-likeness (QED) is 0.255. The first-order chi connectivity index (χ1) is 20.2. The van der Waals surface area contributed by atoms with Crippen LogP contribution in [-0.4, -0.2) is 48.8 Å². The number of nitrogens with zero attached hydrogens (tertiary/aromatic N) is 2. The molecule has 0 radical (unpaired) electrons. The van der Waals surface area contributed by atoms with Crippen LogP contribution in [0.15, 0.2) is 54.7 Å². The number of carboxylic acid groups (broad SMARTS) is 1. The normalized spacial score (nSPS) is 11.5. The van der Waals surface area contributed by atoms with Crippen LogP contribution >= 0.6 is 0 Å². The second kappa shape index (κ2) is 13.1. The lowest BCUT2D eigenvalue weighted by Crippen LogP contribution is -2.43. The molecule has 1 atom stereocenters. The number of aliphatic carboxylic acids is 1. The minimum Gasteiger partial charge on any atom is -0.496 e. The maximum absolute atomic E-state index is 14.4. The first-order valence-electron chi connectivity index (χ1n) is 12.8. The number of carbonyl (C=O) groups excluding carboxylic acids is 1. The van der Waals surface area contributed by atoms with Gasteiger partial charge in [0, 0.05) is 30.2 Å². The number of halogens is 2. The highest BCUT2D eigenvalue weighted by Crippen LogP contribution is 2.43. The highest BCUT2D eigenvalue weighted by molar-refractivity contribution is 6.00. The molecule has 3 aromatic carbocycles. The number of nitriles is 1. The zero-order valence-corrected chi connectivity index (χ0v) is 23.0. The standard InChI is InChI=1S/C31H27F2N3O6/c1-4-42-16-18-12-25(40-2)27(26(13-18)41-3)21-8-7-19(20-6-5-9-35-29(20)21)14-24(31(38)39)36-30(37)28-22(32)10-17(15-34)11-23(28)33/h5-13,24H,4,14,16H2,1-3H3,(H,36,37)(H,38,39)/t24-/m0/s1. The minimum absolute atomic E-state index is 0.218. The molecule has 9 nitrogen and oxygen atoms in total. The number of carboxylic acids is 1. The van der Waals surface area contributed by atoms with E-state index in [0.29, 0.717) is 64.4 Å². The van der Waals surface area contributed by atoms with Crippen LogP contribution in [0.3, 0.4) is 0 Å². The Morgan fingerprint density at radius 3 is 2.31 bits per heavy atom. The number of fused-ring (bicyclic) bond motifs is 1. The summed E-state index contributed by atoms with van der Waals surface area (Å²) in [5.41, 5.74) is 1.87. The molecular formula is C31H27F2N3O6. The van der Waals surface area contributed by atoms with E-state index in [4.69, 9.17) is 19.5 Å². The van der Waals surface area contributed by atoms with E-state index >= 15 is 0 Å². The van der Waals surface area contributed by atoms with Gasteiger partial charge in [-0.1, -0.05) is 18.2 Å². The van der Waals surface area contributed by atoms with Crippen molar-refractivity contribution in [1.82, 2.24) is 10.3 Å². The largest absolute Gasteiger partial charge is 0.496 e. The molecule has 0 aliphatic carbocycles. The predicted octanol–water partition coefficient (Wildman–Crippen LogP) is 5.03. The number of hydrogen-bond donors (Lipinski definition) is 2. The van der Waals surface area contributed by atoms with Crippen molar-refractivity contribution < 1.29 is 37.7 Å². The number of nitrogens with one attached hydrogen (secondary N) is 1. The molecule has 1 amide bonds. The second-order valence-electron chi connectivity index (χ2n) is 9.18. The molecule has 216 valence electrons. The molecule has 0 bridgehead atoms. The molecule has 0 unspecified atom stereocenters. The van der Waals surface area contributed by atoms with Gasteiger partial charge >= 0.3 is 5.97 Å². The van der Waals surface area contributed by atoms with Gasteiger partial charge in [-0.2, -0.15) is 5.26 Å². The number of methoxy groups -OCH3 is 2. The molecule has 2 N–H and O–H groups in total. The zero-order valence-electron chi connectivity index (χ0n) is 23.0. The molecule has 1 heterocycles. The summed E-state index contributed by atoms with van der Waals surface area (Å²) in [5, 5.41) is 21.6. The maximum Gasteiger partial charge on any atom is 0.326 e. The lowest BCUT2D eigenvalue weighted by molar-refractivity contribution is -0.139. The minimum atomic E-state index is -1.54.